The average Bonchev–Trinajstić information content (AvgIpc) is 2.91. The van der Waals surface area contributed by atoms with Crippen molar-refractivity contribution >= 4 is 17.3 Å². The quantitative estimate of drug-likeness (QED) is 0.451. The summed E-state index contributed by atoms with van der Waals surface area (Å²) in [6.07, 6.45) is -2.84. The van der Waals surface area contributed by atoms with Gasteiger partial charge in [-0.05, 0) is 69.4 Å². The smallest absolute Gasteiger partial charge is 0.367 e. The number of alkyl halides is 3. The summed E-state index contributed by atoms with van der Waals surface area (Å²) >= 11 is 0. The molecule has 2 aliphatic rings. The minimum Gasteiger partial charge on any atom is -0.367 e. The number of piperazine rings is 1. The maximum Gasteiger partial charge on any atom is 0.417 e. The molecule has 1 amide bonds. The molecule has 0 radical (unpaired) electrons. The van der Waals surface area contributed by atoms with E-state index in [2.05, 4.69) is 55.9 Å². The van der Waals surface area contributed by atoms with Gasteiger partial charge in [0, 0.05) is 55.6 Å². The van der Waals surface area contributed by atoms with Crippen molar-refractivity contribution in [3.8, 4) is 11.8 Å². The maximum absolute atomic E-state index is 13.7. The van der Waals surface area contributed by atoms with Gasteiger partial charge < -0.3 is 20.1 Å². The zero-order valence-electron chi connectivity index (χ0n) is 23.0. The first kappa shape index (κ1) is 28.5. The number of hydrogen-bond donors (Lipinski definition) is 2. The molecule has 41 heavy (non-hydrogen) atoms. The Morgan fingerprint density at radius 1 is 1.05 bits per heavy atom. The van der Waals surface area contributed by atoms with Crippen LogP contribution in [0, 0.1) is 11.8 Å². The Morgan fingerprint density at radius 3 is 2.49 bits per heavy atom. The van der Waals surface area contributed by atoms with E-state index in [9.17, 15) is 22.8 Å². The van der Waals surface area contributed by atoms with Gasteiger partial charge in [0.05, 0.1) is 22.5 Å². The van der Waals surface area contributed by atoms with Crippen LogP contribution in [-0.4, -0.2) is 66.5 Å². The first-order valence-corrected chi connectivity index (χ1v) is 13.6. The number of carbonyl (C=O) groups is 1. The Kier molecular flexibility index (Phi) is 8.20. The number of H-pyrrole nitrogens is 1. The second kappa shape index (κ2) is 11.8. The van der Waals surface area contributed by atoms with Gasteiger partial charge in [0.25, 0.3) is 5.91 Å². The number of halogens is 3. The van der Waals surface area contributed by atoms with Gasteiger partial charge >= 0.3 is 6.18 Å². The number of likely N-dealkylation sites (tertiary alicyclic amines) is 1. The molecular weight excluding hydrogens is 531 g/mol. The Balaban J connectivity index is 1.46. The van der Waals surface area contributed by atoms with Gasteiger partial charge in [-0.15, -0.1) is 0 Å². The van der Waals surface area contributed by atoms with Crippen LogP contribution in [-0.2, 0) is 12.7 Å². The number of rotatable bonds is 5. The summed E-state index contributed by atoms with van der Waals surface area (Å²) in [6.45, 7) is 7.34. The lowest BCUT2D eigenvalue weighted by molar-refractivity contribution is -0.138. The van der Waals surface area contributed by atoms with Gasteiger partial charge in [-0.25, -0.2) is 0 Å². The number of aromatic amines is 1. The number of aromatic nitrogens is 1. The summed E-state index contributed by atoms with van der Waals surface area (Å²) in [5, 5.41) is 2.67. The molecule has 0 saturated carbocycles. The van der Waals surface area contributed by atoms with Crippen molar-refractivity contribution in [2.75, 3.05) is 50.0 Å². The monoisotopic (exact) mass is 563 g/mol. The minimum absolute atomic E-state index is 0.242. The van der Waals surface area contributed by atoms with Crippen molar-refractivity contribution in [3.05, 3.63) is 92.9 Å². The highest BCUT2D eigenvalue weighted by atomic mass is 19.4. The van der Waals surface area contributed by atoms with E-state index in [1.807, 2.05) is 31.3 Å². The van der Waals surface area contributed by atoms with Crippen molar-refractivity contribution in [3.63, 3.8) is 0 Å². The van der Waals surface area contributed by atoms with Crippen LogP contribution in [0.5, 0.6) is 0 Å². The Bertz CT molecular complexity index is 1550. The Hall–Kier alpha value is -4.07. The lowest BCUT2D eigenvalue weighted by Gasteiger charge is -2.39. The van der Waals surface area contributed by atoms with Gasteiger partial charge in [0.1, 0.15) is 0 Å². The van der Waals surface area contributed by atoms with E-state index in [0.717, 1.165) is 37.9 Å². The lowest BCUT2D eigenvalue weighted by atomic mass is 10.1. The predicted molar refractivity (Wildman–Crippen MR) is 153 cm³/mol. The van der Waals surface area contributed by atoms with E-state index in [1.54, 1.807) is 6.07 Å². The SMILES string of the molecule is C[C@H]1CN(c2ccc(C#Cc3cccc(CN4CCC4)c3)cc2NC(=O)c2c[nH]c(=O)cc2C(F)(F)F)CCN1C. The van der Waals surface area contributed by atoms with Crippen molar-refractivity contribution < 1.29 is 18.0 Å². The molecule has 3 aromatic rings. The van der Waals surface area contributed by atoms with E-state index < -0.39 is 28.8 Å². The van der Waals surface area contributed by atoms with Crippen LogP contribution in [0.1, 0.15) is 46.0 Å². The first-order valence-electron chi connectivity index (χ1n) is 13.6. The number of amides is 1. The summed E-state index contributed by atoms with van der Waals surface area (Å²) in [5.41, 5.74) is 0.804. The number of anilines is 2. The standard InChI is InChI=1S/C31H32F3N5O2/c1-21-19-39(14-13-37(21)2)28-10-9-23(8-7-22-5-3-6-24(15-22)20-38-11-4-12-38)16-27(28)36-30(41)25-18-35-29(40)17-26(25)31(32,33)34/h3,5-6,9-10,15-18,21H,4,11-14,19-20H2,1-2H3,(H,35,40)(H,36,41)/t21-/m0/s1. The second-order valence-electron chi connectivity index (χ2n) is 10.7. The fraction of sp³-hybridized carbons (Fsp3) is 0.355. The molecule has 2 N–H and O–H groups in total. The lowest BCUT2D eigenvalue weighted by Crippen LogP contribution is -2.50. The molecule has 0 spiro atoms. The van der Waals surface area contributed by atoms with E-state index in [0.29, 0.717) is 36.1 Å². The Labute approximate surface area is 237 Å². The summed E-state index contributed by atoms with van der Waals surface area (Å²) in [6, 6.07) is 14.1. The van der Waals surface area contributed by atoms with Gasteiger partial charge in [0.2, 0.25) is 5.56 Å². The molecular formula is C31H32F3N5O2. The molecule has 2 fully saturated rings. The van der Waals surface area contributed by atoms with Gasteiger partial charge in [0.15, 0.2) is 0 Å². The zero-order valence-corrected chi connectivity index (χ0v) is 23.0. The highest BCUT2D eigenvalue weighted by Gasteiger charge is 2.36. The molecule has 0 bridgehead atoms. The number of carbonyl (C=O) groups excluding carboxylic acids is 1. The number of nitrogens with zero attached hydrogens (tertiary/aromatic N) is 3. The molecule has 214 valence electrons. The number of hydrogen-bond acceptors (Lipinski definition) is 5. The van der Waals surface area contributed by atoms with E-state index >= 15 is 0 Å². The van der Waals surface area contributed by atoms with Crippen LogP contribution in [0.15, 0.2) is 59.5 Å². The summed E-state index contributed by atoms with van der Waals surface area (Å²) in [7, 11) is 2.04. The summed E-state index contributed by atoms with van der Waals surface area (Å²) < 4.78 is 41.0. The largest absolute Gasteiger partial charge is 0.417 e. The summed E-state index contributed by atoms with van der Waals surface area (Å²) in [5.74, 6) is 5.35. The fourth-order valence-corrected chi connectivity index (χ4v) is 5.03. The molecule has 3 heterocycles. The molecule has 5 rings (SSSR count). The first-order chi connectivity index (χ1) is 19.6. The van der Waals surface area contributed by atoms with Crippen molar-refractivity contribution in [2.45, 2.75) is 32.1 Å². The van der Waals surface area contributed by atoms with Crippen molar-refractivity contribution in [1.29, 1.82) is 0 Å². The molecule has 1 aromatic heterocycles. The van der Waals surface area contributed by atoms with Crippen molar-refractivity contribution in [2.24, 2.45) is 0 Å². The minimum atomic E-state index is -4.87. The van der Waals surface area contributed by atoms with Gasteiger partial charge in [-0.2, -0.15) is 13.2 Å². The van der Waals surface area contributed by atoms with Crippen LogP contribution in [0.4, 0.5) is 24.5 Å². The van der Waals surface area contributed by atoms with Gasteiger partial charge in [-0.3, -0.25) is 14.5 Å². The van der Waals surface area contributed by atoms with E-state index in [4.69, 9.17) is 0 Å². The van der Waals surface area contributed by atoms with Crippen LogP contribution >= 0.6 is 0 Å². The van der Waals surface area contributed by atoms with Crippen LogP contribution in [0.2, 0.25) is 0 Å². The van der Waals surface area contributed by atoms with E-state index in [-0.39, 0.29) is 6.04 Å². The second-order valence-corrected chi connectivity index (χ2v) is 10.7. The molecule has 1 atom stereocenters. The molecule has 2 aliphatic heterocycles. The Morgan fingerprint density at radius 2 is 1.80 bits per heavy atom. The molecule has 10 heteroatoms. The molecule has 0 unspecified atom stereocenters. The van der Waals surface area contributed by atoms with Crippen molar-refractivity contribution in [1.82, 2.24) is 14.8 Å². The third-order valence-corrected chi connectivity index (χ3v) is 7.65. The highest BCUT2D eigenvalue weighted by Crippen LogP contribution is 2.33. The topological polar surface area (TPSA) is 71.7 Å². The van der Waals surface area contributed by atoms with Crippen LogP contribution in [0.25, 0.3) is 0 Å². The third kappa shape index (κ3) is 6.81. The average molecular weight is 564 g/mol. The maximum atomic E-state index is 13.7. The van der Waals surface area contributed by atoms with Gasteiger partial charge in [-0.1, -0.05) is 24.0 Å². The molecule has 2 saturated heterocycles. The predicted octanol–water partition coefficient (Wildman–Crippen LogP) is 4.39. The zero-order chi connectivity index (χ0) is 29.1. The third-order valence-electron chi connectivity index (χ3n) is 7.65. The van der Waals surface area contributed by atoms with E-state index in [1.165, 1.54) is 12.0 Å². The molecule has 0 aliphatic carbocycles. The normalized spacial score (nSPS) is 17.9. The number of benzene rings is 2. The molecule has 7 nitrogen and oxygen atoms in total. The number of nitrogens with one attached hydrogen (secondary N) is 2. The van der Waals surface area contributed by atoms with Crippen LogP contribution in [0.3, 0.4) is 0 Å². The molecule has 2 aromatic carbocycles. The number of likely N-dealkylation sites (N-methyl/N-ethyl adjacent to an activating group) is 1. The summed E-state index contributed by atoms with van der Waals surface area (Å²) in [4.78, 5) is 33.7. The number of pyridine rings is 1. The fourth-order valence-electron chi connectivity index (χ4n) is 5.03. The van der Waals surface area contributed by atoms with Crippen LogP contribution < -0.4 is 15.8 Å². The highest BCUT2D eigenvalue weighted by molar-refractivity contribution is 6.07.